The average molecular weight is 284 g/mol. The van der Waals surface area contributed by atoms with E-state index in [1.165, 1.54) is 38.7 Å². The number of ether oxygens (including phenoxy) is 2. The highest BCUT2D eigenvalue weighted by molar-refractivity contribution is 7.92. The second kappa shape index (κ2) is 5.19. The van der Waals surface area contributed by atoms with Crippen molar-refractivity contribution in [1.29, 1.82) is 0 Å². The fourth-order valence-electron chi connectivity index (χ4n) is 1.45. The zero-order valence-corrected chi connectivity index (χ0v) is 11.1. The molecule has 0 unspecified atom stereocenters. The highest BCUT2D eigenvalue weighted by Gasteiger charge is 2.21. The van der Waals surface area contributed by atoms with Gasteiger partial charge in [-0.3, -0.25) is 4.72 Å². The number of nitrogens with one attached hydrogen (secondary N) is 1. The molecule has 0 radical (unpaired) electrons. The minimum Gasteiger partial charge on any atom is -0.497 e. The van der Waals surface area contributed by atoms with Crippen LogP contribution < -0.4 is 14.2 Å². The van der Waals surface area contributed by atoms with Gasteiger partial charge in [-0.1, -0.05) is 5.16 Å². The molecule has 1 N–H and O–H groups in total. The van der Waals surface area contributed by atoms with E-state index in [0.717, 1.165) is 0 Å². The fourth-order valence-corrected chi connectivity index (χ4v) is 2.63. The van der Waals surface area contributed by atoms with Crippen LogP contribution in [0.25, 0.3) is 0 Å². The highest BCUT2D eigenvalue weighted by atomic mass is 32.2. The van der Waals surface area contributed by atoms with Crippen LogP contribution in [0, 0.1) is 0 Å². The molecule has 0 aliphatic rings. The monoisotopic (exact) mass is 284 g/mol. The minimum absolute atomic E-state index is 0.0441. The Morgan fingerprint density at radius 1 is 1.21 bits per heavy atom. The molecule has 1 heterocycles. The van der Waals surface area contributed by atoms with Crippen molar-refractivity contribution in [3.63, 3.8) is 0 Å². The number of anilines is 1. The first-order valence-electron chi connectivity index (χ1n) is 5.22. The molecule has 19 heavy (non-hydrogen) atoms. The van der Waals surface area contributed by atoms with Gasteiger partial charge in [-0.2, -0.15) is 0 Å². The van der Waals surface area contributed by atoms with Crippen LogP contribution >= 0.6 is 0 Å². The van der Waals surface area contributed by atoms with E-state index in [9.17, 15) is 8.42 Å². The molecule has 0 fully saturated rings. The lowest BCUT2D eigenvalue weighted by Gasteiger charge is -2.11. The largest absolute Gasteiger partial charge is 0.497 e. The number of sulfonamides is 1. The Morgan fingerprint density at radius 2 is 2.00 bits per heavy atom. The predicted octanol–water partition coefficient (Wildman–Crippen LogP) is 1.49. The van der Waals surface area contributed by atoms with Crippen molar-refractivity contribution in [2.45, 2.75) is 4.90 Å². The van der Waals surface area contributed by atoms with Crippen molar-refractivity contribution in [3.8, 4) is 11.5 Å². The highest BCUT2D eigenvalue weighted by Crippen LogP contribution is 2.29. The first-order valence-corrected chi connectivity index (χ1v) is 6.70. The van der Waals surface area contributed by atoms with Gasteiger partial charge in [0.25, 0.3) is 10.0 Å². The molecule has 0 spiro atoms. The van der Waals surface area contributed by atoms with Gasteiger partial charge in [-0.05, 0) is 12.1 Å². The third kappa shape index (κ3) is 2.79. The van der Waals surface area contributed by atoms with E-state index in [2.05, 4.69) is 14.4 Å². The maximum absolute atomic E-state index is 12.2. The van der Waals surface area contributed by atoms with Crippen molar-refractivity contribution in [2.75, 3.05) is 18.9 Å². The van der Waals surface area contributed by atoms with Gasteiger partial charge in [0.15, 0.2) is 5.82 Å². The van der Waals surface area contributed by atoms with Gasteiger partial charge >= 0.3 is 0 Å². The smallest absolute Gasteiger partial charge is 0.266 e. The Hall–Kier alpha value is -2.22. The Kier molecular flexibility index (Phi) is 3.61. The number of methoxy groups -OCH3 is 2. The normalized spacial score (nSPS) is 11.1. The summed E-state index contributed by atoms with van der Waals surface area (Å²) in [4.78, 5) is -0.0441. The van der Waals surface area contributed by atoms with E-state index in [4.69, 9.17) is 9.47 Å². The van der Waals surface area contributed by atoms with E-state index in [1.54, 1.807) is 6.07 Å². The summed E-state index contributed by atoms with van der Waals surface area (Å²) < 4.78 is 41.3. The van der Waals surface area contributed by atoms with Crippen LogP contribution in [0.2, 0.25) is 0 Å². The standard InChI is InChI=1S/C11H12N2O5S/c1-16-8-3-4-9(17-2)10(7-8)19(14,15)13-11-5-6-18-12-11/h3-7H,1-2H3,(H,12,13). The van der Waals surface area contributed by atoms with Gasteiger partial charge in [-0.25, -0.2) is 8.42 Å². The van der Waals surface area contributed by atoms with E-state index >= 15 is 0 Å². The fraction of sp³-hybridized carbons (Fsp3) is 0.182. The predicted molar refractivity (Wildman–Crippen MR) is 66.9 cm³/mol. The molecular formula is C11H12N2O5S. The van der Waals surface area contributed by atoms with Gasteiger partial charge in [0, 0.05) is 12.1 Å². The maximum atomic E-state index is 12.2. The van der Waals surface area contributed by atoms with Crippen LogP contribution in [-0.2, 0) is 10.0 Å². The third-order valence-electron chi connectivity index (χ3n) is 2.34. The van der Waals surface area contributed by atoms with Gasteiger partial charge in [-0.15, -0.1) is 0 Å². The summed E-state index contributed by atoms with van der Waals surface area (Å²) in [6.07, 6.45) is 1.26. The van der Waals surface area contributed by atoms with Crippen LogP contribution in [0.15, 0.2) is 39.9 Å². The molecule has 0 aliphatic carbocycles. The first kappa shape index (κ1) is 13.2. The number of rotatable bonds is 5. The lowest BCUT2D eigenvalue weighted by atomic mass is 10.3. The van der Waals surface area contributed by atoms with Crippen LogP contribution in [0.3, 0.4) is 0 Å². The molecule has 0 atom stereocenters. The van der Waals surface area contributed by atoms with E-state index in [-0.39, 0.29) is 16.5 Å². The van der Waals surface area contributed by atoms with Crippen LogP contribution in [0.1, 0.15) is 0 Å². The number of hydrogen-bond donors (Lipinski definition) is 1. The van der Waals surface area contributed by atoms with E-state index in [1.807, 2.05) is 0 Å². The quantitative estimate of drug-likeness (QED) is 0.894. The van der Waals surface area contributed by atoms with Gasteiger partial charge in [0.2, 0.25) is 0 Å². The van der Waals surface area contributed by atoms with Crippen molar-refractivity contribution < 1.29 is 22.4 Å². The van der Waals surface area contributed by atoms with Crippen LogP contribution in [0.4, 0.5) is 5.82 Å². The summed E-state index contributed by atoms with van der Waals surface area (Å²) in [6, 6.07) is 5.87. The van der Waals surface area contributed by atoms with Crippen LogP contribution in [-0.4, -0.2) is 27.8 Å². The van der Waals surface area contributed by atoms with Crippen molar-refractivity contribution in [1.82, 2.24) is 5.16 Å². The SMILES string of the molecule is COc1ccc(OC)c(S(=O)(=O)Nc2ccon2)c1. The molecule has 8 heteroatoms. The number of aromatic nitrogens is 1. The van der Waals surface area contributed by atoms with Gasteiger partial charge < -0.3 is 14.0 Å². The Balaban J connectivity index is 2.43. The zero-order chi connectivity index (χ0) is 13.9. The lowest BCUT2D eigenvalue weighted by Crippen LogP contribution is -2.14. The Morgan fingerprint density at radius 3 is 2.58 bits per heavy atom. The summed E-state index contributed by atoms with van der Waals surface area (Å²) in [6.45, 7) is 0. The molecule has 0 saturated carbocycles. The second-order valence-corrected chi connectivity index (χ2v) is 5.16. The van der Waals surface area contributed by atoms with Crippen molar-refractivity contribution >= 4 is 15.8 Å². The maximum Gasteiger partial charge on any atom is 0.266 e. The summed E-state index contributed by atoms with van der Waals surface area (Å²) in [5, 5.41) is 3.49. The Labute approximate surface area is 110 Å². The number of hydrogen-bond acceptors (Lipinski definition) is 6. The van der Waals surface area contributed by atoms with Crippen molar-refractivity contribution in [3.05, 3.63) is 30.5 Å². The first-order chi connectivity index (χ1) is 9.06. The summed E-state index contributed by atoms with van der Waals surface area (Å²) >= 11 is 0. The lowest BCUT2D eigenvalue weighted by molar-refractivity contribution is 0.392. The molecule has 0 bridgehead atoms. The summed E-state index contributed by atoms with van der Waals surface area (Å²) in [5.74, 6) is 0.697. The molecule has 0 amide bonds. The van der Waals surface area contributed by atoms with Gasteiger partial charge in [0.05, 0.1) is 14.2 Å². The molecule has 2 rings (SSSR count). The van der Waals surface area contributed by atoms with E-state index < -0.39 is 10.0 Å². The third-order valence-corrected chi connectivity index (χ3v) is 3.71. The second-order valence-electron chi connectivity index (χ2n) is 3.51. The molecule has 2 aromatic rings. The van der Waals surface area contributed by atoms with Crippen molar-refractivity contribution in [2.24, 2.45) is 0 Å². The molecule has 1 aromatic carbocycles. The zero-order valence-electron chi connectivity index (χ0n) is 10.3. The molecule has 0 saturated heterocycles. The topological polar surface area (TPSA) is 90.7 Å². The van der Waals surface area contributed by atoms with Crippen LogP contribution in [0.5, 0.6) is 11.5 Å². The molecule has 1 aromatic heterocycles. The number of benzene rings is 1. The van der Waals surface area contributed by atoms with E-state index in [0.29, 0.717) is 5.75 Å². The molecular weight excluding hydrogens is 272 g/mol. The average Bonchev–Trinajstić information content (AvgIpc) is 2.90. The molecule has 0 aliphatic heterocycles. The number of nitrogens with zero attached hydrogens (tertiary/aromatic N) is 1. The minimum atomic E-state index is -3.84. The molecule has 7 nitrogen and oxygen atoms in total. The molecule has 102 valence electrons. The summed E-state index contributed by atoms with van der Waals surface area (Å²) in [7, 11) is -1.00. The Bertz CT molecular complexity index is 652. The van der Waals surface area contributed by atoms with Gasteiger partial charge in [0.1, 0.15) is 22.7 Å². The summed E-state index contributed by atoms with van der Waals surface area (Å²) in [5.41, 5.74) is 0.